The van der Waals surface area contributed by atoms with Crippen LogP contribution in [0.2, 0.25) is 0 Å². The van der Waals surface area contributed by atoms with Gasteiger partial charge in [-0.05, 0) is 34.5 Å². The van der Waals surface area contributed by atoms with Crippen molar-refractivity contribution in [3.05, 3.63) is 46.1 Å². The van der Waals surface area contributed by atoms with E-state index in [2.05, 4.69) is 31.1 Å². The topological polar surface area (TPSA) is 68.2 Å². The Morgan fingerprint density at radius 2 is 2.05 bits per heavy atom. The zero-order valence-electron chi connectivity index (χ0n) is 10.4. The maximum Gasteiger partial charge on any atom is 0.154 e. The van der Waals surface area contributed by atoms with Gasteiger partial charge in [-0.3, -0.25) is 0 Å². The van der Waals surface area contributed by atoms with Gasteiger partial charge in [0.15, 0.2) is 4.60 Å². The van der Waals surface area contributed by atoms with E-state index in [-0.39, 0.29) is 0 Å². The van der Waals surface area contributed by atoms with Crippen molar-refractivity contribution in [3.8, 4) is 0 Å². The maximum atomic E-state index is 10.3. The van der Waals surface area contributed by atoms with Crippen molar-refractivity contribution in [2.24, 2.45) is 7.05 Å². The predicted molar refractivity (Wildman–Crippen MR) is 72.7 cm³/mol. The monoisotopic (exact) mass is 321 g/mol. The van der Waals surface area contributed by atoms with E-state index in [0.29, 0.717) is 16.0 Å². The van der Waals surface area contributed by atoms with Gasteiger partial charge in [0.1, 0.15) is 17.4 Å². The average molecular weight is 322 g/mol. The summed E-state index contributed by atoms with van der Waals surface area (Å²) in [6.07, 6.45) is 2.86. The molecule has 3 aromatic heterocycles. The summed E-state index contributed by atoms with van der Waals surface area (Å²) in [6.45, 7) is 2.01. The van der Waals surface area contributed by atoms with Crippen molar-refractivity contribution < 1.29 is 5.11 Å². The largest absolute Gasteiger partial charge is 0.380 e. The van der Waals surface area contributed by atoms with Crippen molar-refractivity contribution in [3.63, 3.8) is 0 Å². The van der Waals surface area contributed by atoms with E-state index < -0.39 is 6.10 Å². The fourth-order valence-corrected chi connectivity index (χ4v) is 2.49. The third-order valence-corrected chi connectivity index (χ3v) is 3.42. The number of pyridine rings is 1. The standard InChI is InChI=1S/C12H12BrN5O/c1-7-3-4-9-14-8(6-18(9)5-7)11(19)10-12(13)16-17(2)15-10/h3-6,11,19H,1-2H3. The molecule has 0 saturated heterocycles. The minimum atomic E-state index is -0.900. The summed E-state index contributed by atoms with van der Waals surface area (Å²) in [6, 6.07) is 3.90. The molecule has 3 aromatic rings. The van der Waals surface area contributed by atoms with Gasteiger partial charge in [-0.25, -0.2) is 4.98 Å². The van der Waals surface area contributed by atoms with E-state index in [0.717, 1.165) is 11.2 Å². The summed E-state index contributed by atoms with van der Waals surface area (Å²) >= 11 is 3.28. The van der Waals surface area contributed by atoms with Crippen LogP contribution >= 0.6 is 15.9 Å². The number of fused-ring (bicyclic) bond motifs is 1. The summed E-state index contributed by atoms with van der Waals surface area (Å²) in [4.78, 5) is 5.80. The molecule has 19 heavy (non-hydrogen) atoms. The van der Waals surface area contributed by atoms with Gasteiger partial charge in [0, 0.05) is 19.4 Å². The van der Waals surface area contributed by atoms with Crippen LogP contribution in [-0.4, -0.2) is 29.5 Å². The van der Waals surface area contributed by atoms with Crippen LogP contribution in [0.4, 0.5) is 0 Å². The Bertz CT molecular complexity index is 748. The number of hydrogen-bond donors (Lipinski definition) is 1. The maximum absolute atomic E-state index is 10.3. The van der Waals surface area contributed by atoms with Crippen molar-refractivity contribution in [1.29, 1.82) is 0 Å². The van der Waals surface area contributed by atoms with Crippen molar-refractivity contribution in [1.82, 2.24) is 24.4 Å². The molecule has 98 valence electrons. The van der Waals surface area contributed by atoms with Crippen molar-refractivity contribution in [2.75, 3.05) is 0 Å². The van der Waals surface area contributed by atoms with Gasteiger partial charge in [0.25, 0.3) is 0 Å². The number of aromatic nitrogens is 5. The van der Waals surface area contributed by atoms with E-state index in [9.17, 15) is 5.11 Å². The van der Waals surface area contributed by atoms with Gasteiger partial charge in [-0.15, -0.1) is 5.10 Å². The van der Waals surface area contributed by atoms with Crippen LogP contribution in [0.1, 0.15) is 23.1 Å². The third-order valence-electron chi connectivity index (χ3n) is 2.85. The smallest absolute Gasteiger partial charge is 0.154 e. The summed E-state index contributed by atoms with van der Waals surface area (Å²) < 4.78 is 2.41. The molecule has 3 heterocycles. The Labute approximate surface area is 117 Å². The number of nitrogens with zero attached hydrogens (tertiary/aromatic N) is 5. The van der Waals surface area contributed by atoms with Crippen molar-refractivity contribution >= 4 is 21.6 Å². The molecular weight excluding hydrogens is 310 g/mol. The molecular formula is C12H12BrN5O. The minimum absolute atomic E-state index is 0.461. The molecule has 0 aromatic carbocycles. The molecule has 0 bridgehead atoms. The molecule has 0 aliphatic rings. The first-order valence-corrected chi connectivity index (χ1v) is 6.54. The lowest BCUT2D eigenvalue weighted by atomic mass is 10.2. The first kappa shape index (κ1) is 12.3. The van der Waals surface area contributed by atoms with Gasteiger partial charge >= 0.3 is 0 Å². The Balaban J connectivity index is 2.06. The molecule has 3 rings (SSSR count). The van der Waals surface area contributed by atoms with Crippen LogP contribution in [-0.2, 0) is 7.05 Å². The van der Waals surface area contributed by atoms with E-state index >= 15 is 0 Å². The quantitative estimate of drug-likeness (QED) is 0.778. The molecule has 0 aliphatic carbocycles. The molecule has 1 N–H and O–H groups in total. The first-order valence-electron chi connectivity index (χ1n) is 5.74. The number of aliphatic hydroxyl groups excluding tert-OH is 1. The molecule has 0 spiro atoms. The number of halogens is 1. The zero-order valence-corrected chi connectivity index (χ0v) is 12.0. The van der Waals surface area contributed by atoms with Crippen LogP contribution in [0.5, 0.6) is 0 Å². The van der Waals surface area contributed by atoms with E-state index in [1.165, 1.54) is 4.80 Å². The predicted octanol–water partition coefficient (Wildman–Crippen LogP) is 1.62. The van der Waals surface area contributed by atoms with Crippen molar-refractivity contribution in [2.45, 2.75) is 13.0 Å². The molecule has 1 atom stereocenters. The van der Waals surface area contributed by atoms with E-state index in [1.54, 1.807) is 13.2 Å². The van der Waals surface area contributed by atoms with Gasteiger partial charge in [0.05, 0.1) is 5.69 Å². The molecule has 6 nitrogen and oxygen atoms in total. The van der Waals surface area contributed by atoms with Crippen LogP contribution < -0.4 is 0 Å². The summed E-state index contributed by atoms with van der Waals surface area (Å²) in [7, 11) is 1.70. The molecule has 1 unspecified atom stereocenters. The van der Waals surface area contributed by atoms with Gasteiger partial charge in [0.2, 0.25) is 0 Å². The fourth-order valence-electron chi connectivity index (χ4n) is 1.96. The van der Waals surface area contributed by atoms with Gasteiger partial charge < -0.3 is 9.51 Å². The second-order valence-corrected chi connectivity index (χ2v) is 5.16. The Morgan fingerprint density at radius 1 is 1.26 bits per heavy atom. The second-order valence-electron chi connectivity index (χ2n) is 4.41. The molecule has 7 heteroatoms. The third kappa shape index (κ3) is 2.15. The lowest BCUT2D eigenvalue weighted by molar-refractivity contribution is 0.209. The highest BCUT2D eigenvalue weighted by Crippen LogP contribution is 2.25. The summed E-state index contributed by atoms with van der Waals surface area (Å²) in [5, 5.41) is 18.5. The highest BCUT2D eigenvalue weighted by molar-refractivity contribution is 9.10. The molecule has 0 saturated carbocycles. The molecule has 0 fully saturated rings. The Hall–Kier alpha value is -1.73. The van der Waals surface area contributed by atoms with Crippen LogP contribution in [0, 0.1) is 6.92 Å². The minimum Gasteiger partial charge on any atom is -0.380 e. The van der Waals surface area contributed by atoms with Crippen LogP contribution in [0.15, 0.2) is 29.1 Å². The summed E-state index contributed by atoms with van der Waals surface area (Å²) in [5.41, 5.74) is 2.93. The van der Waals surface area contributed by atoms with Gasteiger partial charge in [-0.2, -0.15) is 9.90 Å². The number of aryl methyl sites for hydroxylation is 2. The lowest BCUT2D eigenvalue weighted by Gasteiger charge is -2.02. The van der Waals surface area contributed by atoms with Crippen LogP contribution in [0.25, 0.3) is 5.65 Å². The molecule has 0 amide bonds. The Morgan fingerprint density at radius 3 is 2.74 bits per heavy atom. The highest BCUT2D eigenvalue weighted by atomic mass is 79.9. The lowest BCUT2D eigenvalue weighted by Crippen LogP contribution is -2.02. The number of rotatable bonds is 2. The average Bonchev–Trinajstić information content (AvgIpc) is 2.91. The molecule has 0 radical (unpaired) electrons. The zero-order chi connectivity index (χ0) is 13.6. The number of hydrogen-bond acceptors (Lipinski definition) is 4. The summed E-state index contributed by atoms with van der Waals surface area (Å²) in [5.74, 6) is 0. The SMILES string of the molecule is Cc1ccc2nc(C(O)c3nn(C)nc3Br)cn2c1. The Kier molecular flexibility index (Phi) is 2.87. The first-order chi connectivity index (χ1) is 9.04. The normalized spacial score (nSPS) is 13.1. The van der Waals surface area contributed by atoms with Gasteiger partial charge in [-0.1, -0.05) is 6.07 Å². The number of aliphatic hydroxyl groups is 1. The second kappa shape index (κ2) is 4.43. The molecule has 0 aliphatic heterocycles. The van der Waals surface area contributed by atoms with Crippen LogP contribution in [0.3, 0.4) is 0 Å². The number of imidazole rings is 1. The fraction of sp³-hybridized carbons (Fsp3) is 0.250. The highest BCUT2D eigenvalue weighted by Gasteiger charge is 2.21. The van der Waals surface area contributed by atoms with E-state index in [4.69, 9.17) is 0 Å². The van der Waals surface area contributed by atoms with E-state index in [1.807, 2.05) is 29.7 Å².